The Bertz CT molecular complexity index is 1060. The van der Waals surface area contributed by atoms with Gasteiger partial charge in [-0.2, -0.15) is 0 Å². The molecule has 1 spiro atoms. The minimum absolute atomic E-state index is 0.108. The van der Waals surface area contributed by atoms with E-state index in [1.54, 1.807) is 4.90 Å². The normalized spacial score (nSPS) is 37.4. The van der Waals surface area contributed by atoms with E-state index >= 15 is 0 Å². The molecule has 0 radical (unpaired) electrons. The summed E-state index contributed by atoms with van der Waals surface area (Å²) >= 11 is 0. The number of rotatable bonds is 6. The number of anilines is 1. The summed E-state index contributed by atoms with van der Waals surface area (Å²) in [5.74, 6) is -2.16. The van der Waals surface area contributed by atoms with Gasteiger partial charge in [0, 0.05) is 24.9 Å². The smallest absolute Gasteiger partial charge is 0.246 e. The molecule has 0 aromatic heterocycles. The number of benzene rings is 1. The van der Waals surface area contributed by atoms with Crippen LogP contribution in [0.4, 0.5) is 5.69 Å². The van der Waals surface area contributed by atoms with Gasteiger partial charge in [-0.3, -0.25) is 14.4 Å². The molecular formula is C28H35N3O5. The molecule has 3 amide bonds. The van der Waals surface area contributed by atoms with E-state index in [4.69, 9.17) is 9.47 Å². The zero-order valence-corrected chi connectivity index (χ0v) is 20.8. The van der Waals surface area contributed by atoms with Crippen molar-refractivity contribution in [2.75, 3.05) is 18.5 Å². The summed E-state index contributed by atoms with van der Waals surface area (Å²) < 4.78 is 12.4. The van der Waals surface area contributed by atoms with E-state index < -0.39 is 29.1 Å². The van der Waals surface area contributed by atoms with Gasteiger partial charge in [-0.05, 0) is 44.7 Å². The maximum atomic E-state index is 14.1. The van der Waals surface area contributed by atoms with Gasteiger partial charge in [0.2, 0.25) is 17.7 Å². The molecule has 6 atom stereocenters. The number of carbonyl (C=O) groups is 3. The number of nitrogens with one attached hydrogen (secondary N) is 2. The average Bonchev–Trinajstić information content (AvgIpc) is 3.61. The quantitative estimate of drug-likeness (QED) is 0.594. The first-order valence-electron chi connectivity index (χ1n) is 13.4. The summed E-state index contributed by atoms with van der Waals surface area (Å²) in [6, 6.07) is 8.51. The average molecular weight is 494 g/mol. The maximum absolute atomic E-state index is 14.1. The molecule has 8 nitrogen and oxygen atoms in total. The molecule has 192 valence electrons. The highest BCUT2D eigenvalue weighted by molar-refractivity contribution is 6.03. The summed E-state index contributed by atoms with van der Waals surface area (Å²) in [5.41, 5.74) is -1.46. The third kappa shape index (κ3) is 3.77. The van der Waals surface area contributed by atoms with Crippen LogP contribution in [-0.4, -0.2) is 65.2 Å². The molecule has 2 bridgehead atoms. The molecule has 1 aliphatic carbocycles. The van der Waals surface area contributed by atoms with Gasteiger partial charge >= 0.3 is 0 Å². The number of likely N-dealkylation sites (tertiary alicyclic amines) is 1. The Morgan fingerprint density at radius 1 is 1.03 bits per heavy atom. The standard InChI is InChI=1S/C28H35N3O5/c1-27-14-15-28(36-27)22(21(27)24(32)29-18-9-4-2-5-10-18)26(34)31(17-20-13-8-16-35-20)23(28)25(33)30-19-11-6-3-7-12-19/h2,4-5,9-10,14-15,19-23H,3,6-8,11-13,16-17H2,1H3,(H,29,32)(H,30,33)/t20-,21+,22-,23+,27-,28-/m0/s1. The molecule has 1 aromatic carbocycles. The lowest BCUT2D eigenvalue weighted by molar-refractivity contribution is -0.145. The molecule has 6 rings (SSSR count). The molecule has 36 heavy (non-hydrogen) atoms. The lowest BCUT2D eigenvalue weighted by Crippen LogP contribution is -2.57. The van der Waals surface area contributed by atoms with E-state index in [1.807, 2.05) is 49.4 Å². The van der Waals surface area contributed by atoms with Crippen molar-refractivity contribution in [3.63, 3.8) is 0 Å². The van der Waals surface area contributed by atoms with Gasteiger partial charge in [0.15, 0.2) is 0 Å². The van der Waals surface area contributed by atoms with Crippen molar-refractivity contribution < 1.29 is 23.9 Å². The SMILES string of the molecule is C[C@@]12C=C[C@]3(O1)[C@H](C(=O)N(C[C@@H]1CCCO1)[C@@H]3C(=O)NC1CCCCC1)[C@@H]2C(=O)Nc1ccccc1. The fraction of sp³-hybridized carbons (Fsp3) is 0.607. The second-order valence-corrected chi connectivity index (χ2v) is 11.2. The number of ether oxygens (including phenoxy) is 2. The molecule has 0 unspecified atom stereocenters. The fourth-order valence-corrected chi connectivity index (χ4v) is 7.10. The van der Waals surface area contributed by atoms with Crippen molar-refractivity contribution in [1.82, 2.24) is 10.2 Å². The molecule has 3 saturated heterocycles. The van der Waals surface area contributed by atoms with Gasteiger partial charge < -0.3 is 25.0 Å². The van der Waals surface area contributed by atoms with Crippen molar-refractivity contribution in [2.24, 2.45) is 11.8 Å². The van der Waals surface area contributed by atoms with Crippen LogP contribution in [0.15, 0.2) is 42.5 Å². The minimum Gasteiger partial charge on any atom is -0.376 e. The number of hydrogen-bond acceptors (Lipinski definition) is 5. The van der Waals surface area contributed by atoms with Crippen LogP contribution in [0, 0.1) is 11.8 Å². The van der Waals surface area contributed by atoms with Crippen LogP contribution in [0.5, 0.6) is 0 Å². The molecule has 1 saturated carbocycles. The van der Waals surface area contributed by atoms with Crippen LogP contribution in [0.2, 0.25) is 0 Å². The Labute approximate surface area is 211 Å². The van der Waals surface area contributed by atoms with Gasteiger partial charge in [-0.25, -0.2) is 0 Å². The number of amides is 3. The highest BCUT2D eigenvalue weighted by Gasteiger charge is 2.76. The van der Waals surface area contributed by atoms with Crippen LogP contribution >= 0.6 is 0 Å². The first kappa shape index (κ1) is 23.7. The Balaban J connectivity index is 1.33. The molecule has 8 heteroatoms. The minimum atomic E-state index is -1.16. The van der Waals surface area contributed by atoms with Crippen LogP contribution in [0.3, 0.4) is 0 Å². The number of carbonyl (C=O) groups excluding carboxylic acids is 3. The number of hydrogen-bond donors (Lipinski definition) is 2. The Morgan fingerprint density at radius 2 is 1.81 bits per heavy atom. The van der Waals surface area contributed by atoms with Crippen LogP contribution in [0.25, 0.3) is 0 Å². The van der Waals surface area contributed by atoms with E-state index in [9.17, 15) is 14.4 Å². The zero-order chi connectivity index (χ0) is 24.9. The first-order valence-corrected chi connectivity index (χ1v) is 13.4. The van der Waals surface area contributed by atoms with Crippen molar-refractivity contribution in [1.29, 1.82) is 0 Å². The Morgan fingerprint density at radius 3 is 2.53 bits per heavy atom. The summed E-state index contributed by atoms with van der Waals surface area (Å²) in [5, 5.41) is 6.21. The third-order valence-electron chi connectivity index (χ3n) is 8.74. The fourth-order valence-electron chi connectivity index (χ4n) is 7.10. The summed E-state index contributed by atoms with van der Waals surface area (Å²) in [6.45, 7) is 2.84. The van der Waals surface area contributed by atoms with E-state index in [0.717, 1.165) is 38.5 Å². The number of fused-ring (bicyclic) bond motifs is 1. The largest absolute Gasteiger partial charge is 0.376 e. The molecule has 4 aliphatic heterocycles. The zero-order valence-electron chi connectivity index (χ0n) is 20.8. The van der Waals surface area contributed by atoms with Crippen LogP contribution < -0.4 is 10.6 Å². The summed E-state index contributed by atoms with van der Waals surface area (Å²) in [7, 11) is 0. The van der Waals surface area contributed by atoms with Crippen molar-refractivity contribution in [2.45, 2.75) is 81.3 Å². The Kier molecular flexibility index (Phi) is 5.91. The van der Waals surface area contributed by atoms with Gasteiger partial charge in [0.25, 0.3) is 0 Å². The van der Waals surface area contributed by atoms with Crippen LogP contribution in [-0.2, 0) is 23.9 Å². The monoisotopic (exact) mass is 493 g/mol. The second kappa shape index (κ2) is 8.99. The molecule has 4 heterocycles. The van der Waals surface area contributed by atoms with E-state index in [-0.39, 0.29) is 29.9 Å². The predicted octanol–water partition coefficient (Wildman–Crippen LogP) is 2.79. The van der Waals surface area contributed by atoms with Crippen molar-refractivity contribution >= 4 is 23.4 Å². The van der Waals surface area contributed by atoms with E-state index in [2.05, 4.69) is 10.6 Å². The summed E-state index contributed by atoms with van der Waals surface area (Å²) in [4.78, 5) is 43.2. The molecule has 2 N–H and O–H groups in total. The predicted molar refractivity (Wildman–Crippen MR) is 133 cm³/mol. The Hall–Kier alpha value is -2.71. The molecule has 1 aromatic rings. The van der Waals surface area contributed by atoms with Crippen LogP contribution in [0.1, 0.15) is 51.9 Å². The number of para-hydroxylation sites is 1. The number of nitrogens with zero attached hydrogens (tertiary/aromatic N) is 1. The summed E-state index contributed by atoms with van der Waals surface area (Å²) in [6.07, 6.45) is 10.7. The highest BCUT2D eigenvalue weighted by Crippen LogP contribution is 2.60. The lowest BCUT2D eigenvalue weighted by atomic mass is 9.70. The van der Waals surface area contributed by atoms with Gasteiger partial charge in [0.05, 0.1) is 23.5 Å². The topological polar surface area (TPSA) is 97.0 Å². The molecule has 5 aliphatic rings. The third-order valence-corrected chi connectivity index (χ3v) is 8.74. The first-order chi connectivity index (χ1) is 17.4. The van der Waals surface area contributed by atoms with Crippen molar-refractivity contribution in [3.05, 3.63) is 42.5 Å². The van der Waals surface area contributed by atoms with Gasteiger partial charge in [-0.15, -0.1) is 0 Å². The highest BCUT2D eigenvalue weighted by atomic mass is 16.5. The maximum Gasteiger partial charge on any atom is 0.246 e. The van der Waals surface area contributed by atoms with E-state index in [1.165, 1.54) is 6.42 Å². The van der Waals surface area contributed by atoms with E-state index in [0.29, 0.717) is 18.8 Å². The van der Waals surface area contributed by atoms with Gasteiger partial charge in [0.1, 0.15) is 11.6 Å². The lowest BCUT2D eigenvalue weighted by Gasteiger charge is -2.35. The second-order valence-electron chi connectivity index (χ2n) is 11.2. The molecular weight excluding hydrogens is 458 g/mol. The van der Waals surface area contributed by atoms with Gasteiger partial charge in [-0.1, -0.05) is 49.6 Å². The molecule has 4 fully saturated rings. The van der Waals surface area contributed by atoms with Crippen molar-refractivity contribution in [3.8, 4) is 0 Å².